The summed E-state index contributed by atoms with van der Waals surface area (Å²) >= 11 is 0. The fourth-order valence-electron chi connectivity index (χ4n) is 2.48. The van der Waals surface area contributed by atoms with Gasteiger partial charge in [0.25, 0.3) is 0 Å². The molecule has 8 nitrogen and oxygen atoms in total. The molecule has 0 aliphatic carbocycles. The molecule has 3 N–H and O–H groups in total. The predicted molar refractivity (Wildman–Crippen MR) is 119 cm³/mol. The number of ether oxygens (including phenoxy) is 1. The second-order valence-corrected chi connectivity index (χ2v) is 8.89. The van der Waals surface area contributed by atoms with Gasteiger partial charge in [0.15, 0.2) is 5.96 Å². The summed E-state index contributed by atoms with van der Waals surface area (Å²) in [5.74, 6) is 1.07. The van der Waals surface area contributed by atoms with Crippen molar-refractivity contribution in [3.8, 4) is 0 Å². The number of hydrogen-bond acceptors (Lipinski definition) is 4. The number of hydrogen-bond donors (Lipinski definition) is 3. The number of rotatable bonds is 10. The lowest BCUT2D eigenvalue weighted by atomic mass is 10.0. The summed E-state index contributed by atoms with van der Waals surface area (Å²) in [5, 5.41) is 9.12. The van der Waals surface area contributed by atoms with Gasteiger partial charge in [0.2, 0.25) is 5.91 Å². The minimum atomic E-state index is -0.516. The molecule has 8 heteroatoms. The maximum atomic E-state index is 12.1. The molecule has 0 radical (unpaired) electrons. The highest BCUT2D eigenvalue weighted by Crippen LogP contribution is 2.11. The van der Waals surface area contributed by atoms with Gasteiger partial charge in [-0.1, -0.05) is 27.7 Å². The Morgan fingerprint density at radius 1 is 1.10 bits per heavy atom. The average molecular weight is 414 g/mol. The standard InChI is InChI=1S/C21H43N5O3/c1-10-22-19(24-13-12-23-18(27)16(4)5)26(9)14-11-17(15(2)3)25-20(28)29-21(6,7)8/h15-17H,10-14H2,1-9H3,(H,22,24)(H,23,27)(H,25,28). The van der Waals surface area contributed by atoms with Gasteiger partial charge in [-0.25, -0.2) is 4.79 Å². The van der Waals surface area contributed by atoms with Crippen LogP contribution < -0.4 is 16.0 Å². The second-order valence-electron chi connectivity index (χ2n) is 8.89. The van der Waals surface area contributed by atoms with E-state index >= 15 is 0 Å². The Labute approximate surface area is 177 Å². The molecule has 2 amide bonds. The average Bonchev–Trinajstić information content (AvgIpc) is 2.58. The molecule has 1 atom stereocenters. The predicted octanol–water partition coefficient (Wildman–Crippen LogP) is 2.60. The quantitative estimate of drug-likeness (QED) is 0.291. The molecule has 0 saturated carbocycles. The number of nitrogens with zero attached hydrogens (tertiary/aromatic N) is 2. The van der Waals surface area contributed by atoms with E-state index in [0.29, 0.717) is 13.1 Å². The van der Waals surface area contributed by atoms with E-state index < -0.39 is 5.60 Å². The van der Waals surface area contributed by atoms with Crippen molar-refractivity contribution in [1.82, 2.24) is 20.9 Å². The van der Waals surface area contributed by atoms with Crippen molar-refractivity contribution in [3.05, 3.63) is 0 Å². The monoisotopic (exact) mass is 413 g/mol. The first-order chi connectivity index (χ1) is 13.4. The third kappa shape index (κ3) is 13.0. The molecule has 170 valence electrons. The number of guanidine groups is 1. The molecule has 0 aromatic heterocycles. The third-order valence-corrected chi connectivity index (χ3v) is 4.18. The minimum absolute atomic E-state index is 0.000469. The van der Waals surface area contributed by atoms with E-state index in [1.807, 2.05) is 53.5 Å². The Hall–Kier alpha value is -1.99. The first-order valence-corrected chi connectivity index (χ1v) is 10.6. The first kappa shape index (κ1) is 27.0. The Morgan fingerprint density at radius 3 is 2.21 bits per heavy atom. The largest absolute Gasteiger partial charge is 0.444 e. The summed E-state index contributed by atoms with van der Waals surface area (Å²) in [6, 6.07) is 0.000469. The highest BCUT2D eigenvalue weighted by Gasteiger charge is 2.22. The Balaban J connectivity index is 4.72. The zero-order valence-corrected chi connectivity index (χ0v) is 19.9. The summed E-state index contributed by atoms with van der Waals surface area (Å²) in [5.41, 5.74) is -0.516. The molecule has 0 fully saturated rings. The second kappa shape index (κ2) is 13.3. The van der Waals surface area contributed by atoms with E-state index in [-0.39, 0.29) is 29.9 Å². The van der Waals surface area contributed by atoms with Gasteiger partial charge in [-0.05, 0) is 40.0 Å². The van der Waals surface area contributed by atoms with Crippen molar-refractivity contribution < 1.29 is 14.3 Å². The number of carbonyl (C=O) groups is 2. The summed E-state index contributed by atoms with van der Waals surface area (Å²) in [6.45, 7) is 18.0. The first-order valence-electron chi connectivity index (χ1n) is 10.6. The van der Waals surface area contributed by atoms with Crippen molar-refractivity contribution in [2.75, 3.05) is 33.2 Å². The van der Waals surface area contributed by atoms with Crippen LogP contribution in [0.25, 0.3) is 0 Å². The number of amides is 2. The van der Waals surface area contributed by atoms with Gasteiger partial charge in [-0.15, -0.1) is 0 Å². The van der Waals surface area contributed by atoms with Crippen molar-refractivity contribution in [1.29, 1.82) is 0 Å². The van der Waals surface area contributed by atoms with Gasteiger partial charge in [0.1, 0.15) is 5.60 Å². The number of carbonyl (C=O) groups excluding carboxylic acids is 2. The van der Waals surface area contributed by atoms with E-state index in [9.17, 15) is 9.59 Å². The number of nitrogens with one attached hydrogen (secondary N) is 3. The maximum absolute atomic E-state index is 12.1. The van der Waals surface area contributed by atoms with E-state index in [1.54, 1.807) is 0 Å². The van der Waals surface area contributed by atoms with Crippen LogP contribution in [0, 0.1) is 11.8 Å². The van der Waals surface area contributed by atoms with Crippen molar-refractivity contribution in [2.45, 2.75) is 73.5 Å². The van der Waals surface area contributed by atoms with Crippen LogP contribution in [0.3, 0.4) is 0 Å². The number of alkyl carbamates (subject to hydrolysis) is 1. The molecule has 29 heavy (non-hydrogen) atoms. The molecule has 0 spiro atoms. The highest BCUT2D eigenvalue weighted by molar-refractivity contribution is 5.80. The molecule has 0 heterocycles. The summed E-state index contributed by atoms with van der Waals surface area (Å²) in [7, 11) is 1.97. The molecule has 0 aromatic carbocycles. The van der Waals surface area contributed by atoms with E-state index in [0.717, 1.165) is 25.5 Å². The van der Waals surface area contributed by atoms with Crippen LogP contribution in [-0.2, 0) is 9.53 Å². The topological polar surface area (TPSA) is 95.1 Å². The van der Waals surface area contributed by atoms with Gasteiger partial charge < -0.3 is 25.6 Å². The molecule has 0 aliphatic rings. The van der Waals surface area contributed by atoms with Crippen molar-refractivity contribution in [3.63, 3.8) is 0 Å². The fraction of sp³-hybridized carbons (Fsp3) is 0.857. The van der Waals surface area contributed by atoms with Crippen LogP contribution in [0.2, 0.25) is 0 Å². The van der Waals surface area contributed by atoms with Crippen LogP contribution in [0.4, 0.5) is 4.79 Å². The lowest BCUT2D eigenvalue weighted by Crippen LogP contribution is -2.45. The summed E-state index contributed by atoms with van der Waals surface area (Å²) in [6.07, 6.45) is 0.377. The van der Waals surface area contributed by atoms with E-state index in [2.05, 4.69) is 34.8 Å². The Morgan fingerprint density at radius 2 is 1.72 bits per heavy atom. The SMILES string of the molecule is CCNC(=NCCNC(=O)C(C)C)N(C)CCC(NC(=O)OC(C)(C)C)C(C)C. The van der Waals surface area contributed by atoms with Gasteiger partial charge in [-0.2, -0.15) is 0 Å². The fourth-order valence-corrected chi connectivity index (χ4v) is 2.48. The van der Waals surface area contributed by atoms with E-state index in [1.165, 1.54) is 0 Å². The molecule has 0 rings (SSSR count). The van der Waals surface area contributed by atoms with Crippen molar-refractivity contribution in [2.24, 2.45) is 16.8 Å². The Bertz CT molecular complexity index is 527. The lowest BCUT2D eigenvalue weighted by molar-refractivity contribution is -0.123. The zero-order valence-electron chi connectivity index (χ0n) is 19.9. The molecule has 0 bridgehead atoms. The summed E-state index contributed by atoms with van der Waals surface area (Å²) in [4.78, 5) is 30.4. The van der Waals surface area contributed by atoms with Gasteiger partial charge in [-0.3, -0.25) is 9.79 Å². The molecule has 0 saturated heterocycles. The van der Waals surface area contributed by atoms with Crippen LogP contribution in [0.1, 0.15) is 61.8 Å². The molecular formula is C21H43N5O3. The van der Waals surface area contributed by atoms with Gasteiger partial charge in [0, 0.05) is 38.6 Å². The van der Waals surface area contributed by atoms with Crippen LogP contribution in [0.5, 0.6) is 0 Å². The Kier molecular flexibility index (Phi) is 12.4. The molecule has 0 aromatic rings. The third-order valence-electron chi connectivity index (χ3n) is 4.18. The molecular weight excluding hydrogens is 370 g/mol. The molecule has 0 aliphatic heterocycles. The highest BCUT2D eigenvalue weighted by atomic mass is 16.6. The smallest absolute Gasteiger partial charge is 0.407 e. The maximum Gasteiger partial charge on any atom is 0.407 e. The number of aliphatic imine (C=N–C) groups is 1. The van der Waals surface area contributed by atoms with Crippen LogP contribution in [-0.4, -0.2) is 67.7 Å². The van der Waals surface area contributed by atoms with Gasteiger partial charge >= 0.3 is 6.09 Å². The zero-order chi connectivity index (χ0) is 22.6. The summed E-state index contributed by atoms with van der Waals surface area (Å²) < 4.78 is 5.38. The van der Waals surface area contributed by atoms with Crippen LogP contribution >= 0.6 is 0 Å². The van der Waals surface area contributed by atoms with E-state index in [4.69, 9.17) is 4.74 Å². The van der Waals surface area contributed by atoms with Crippen molar-refractivity contribution >= 4 is 18.0 Å². The normalized spacial score (nSPS) is 13.3. The van der Waals surface area contributed by atoms with Gasteiger partial charge in [0.05, 0.1) is 6.54 Å². The molecule has 1 unspecified atom stereocenters. The van der Waals surface area contributed by atoms with Crippen LogP contribution in [0.15, 0.2) is 4.99 Å². The lowest BCUT2D eigenvalue weighted by Gasteiger charge is -2.28. The minimum Gasteiger partial charge on any atom is -0.444 e.